The van der Waals surface area contributed by atoms with Gasteiger partial charge in [0.25, 0.3) is 0 Å². The van der Waals surface area contributed by atoms with Crippen LogP contribution >= 0.6 is 11.3 Å². The molecule has 10 rings (SSSR count). The number of hydrogen-bond donors (Lipinski definition) is 0. The first kappa shape index (κ1) is 30.6. The third kappa shape index (κ3) is 4.90. The molecule has 7 aromatic carbocycles. The maximum absolute atomic E-state index is 5.18. The van der Waals surface area contributed by atoms with Gasteiger partial charge in [-0.05, 0) is 62.7 Å². The first-order valence-corrected chi connectivity index (χ1v) is 18.5. The van der Waals surface area contributed by atoms with Crippen molar-refractivity contribution < 1.29 is 0 Å². The van der Waals surface area contributed by atoms with Gasteiger partial charge in [0.15, 0.2) is 17.5 Å². The van der Waals surface area contributed by atoms with Crippen LogP contribution in [0.5, 0.6) is 0 Å². The second-order valence-corrected chi connectivity index (χ2v) is 15.1. The van der Waals surface area contributed by atoms with Crippen LogP contribution in [0.2, 0.25) is 0 Å². The van der Waals surface area contributed by atoms with Crippen LogP contribution in [0.15, 0.2) is 164 Å². The van der Waals surface area contributed by atoms with Crippen LogP contribution in [-0.4, -0.2) is 15.0 Å². The third-order valence-corrected chi connectivity index (χ3v) is 11.6. The average Bonchev–Trinajstić information content (AvgIpc) is 3.70. The number of fused-ring (bicyclic) bond motifs is 6. The van der Waals surface area contributed by atoms with Gasteiger partial charge in [0.1, 0.15) is 0 Å². The molecule has 0 saturated carbocycles. The lowest BCUT2D eigenvalue weighted by Crippen LogP contribution is -2.16. The predicted octanol–water partition coefficient (Wildman–Crippen LogP) is 12.9. The van der Waals surface area contributed by atoms with Gasteiger partial charge in [0.2, 0.25) is 0 Å². The molecule has 0 amide bonds. The highest BCUT2D eigenvalue weighted by molar-refractivity contribution is 7.26. The monoisotopic (exact) mass is 683 g/mol. The predicted molar refractivity (Wildman–Crippen MR) is 217 cm³/mol. The summed E-state index contributed by atoms with van der Waals surface area (Å²) in [4.78, 5) is 15.3. The van der Waals surface area contributed by atoms with Gasteiger partial charge in [0, 0.05) is 42.3 Å². The number of thiophene rings is 1. The fraction of sp³-hybridized carbons (Fsp3) is 0.0625. The van der Waals surface area contributed by atoms with Gasteiger partial charge in [-0.1, -0.05) is 159 Å². The molecule has 0 saturated heterocycles. The molecule has 0 spiro atoms. The Labute approximate surface area is 307 Å². The molecule has 4 heteroatoms. The molecule has 0 fully saturated rings. The Morgan fingerprint density at radius 1 is 0.404 bits per heavy atom. The largest absolute Gasteiger partial charge is 0.208 e. The molecular formula is C48H33N3S. The van der Waals surface area contributed by atoms with E-state index in [1.807, 2.05) is 29.5 Å². The Morgan fingerprint density at radius 2 is 0.962 bits per heavy atom. The highest BCUT2D eigenvalue weighted by Crippen LogP contribution is 2.52. The summed E-state index contributed by atoms with van der Waals surface area (Å²) in [5.41, 5.74) is 13.0. The molecule has 9 aromatic rings. The first-order chi connectivity index (χ1) is 25.5. The van der Waals surface area contributed by atoms with Gasteiger partial charge < -0.3 is 0 Å². The van der Waals surface area contributed by atoms with Crippen LogP contribution in [0.3, 0.4) is 0 Å². The highest BCUT2D eigenvalue weighted by atomic mass is 32.1. The molecule has 2 heterocycles. The van der Waals surface area contributed by atoms with Crippen molar-refractivity contribution in [3.63, 3.8) is 0 Å². The van der Waals surface area contributed by atoms with E-state index in [9.17, 15) is 0 Å². The Balaban J connectivity index is 1.11. The number of benzene rings is 7. The maximum atomic E-state index is 5.18. The Bertz CT molecular complexity index is 2820. The molecule has 0 aliphatic heterocycles. The second-order valence-electron chi connectivity index (χ2n) is 14.0. The van der Waals surface area contributed by atoms with Crippen molar-refractivity contribution in [3.05, 3.63) is 175 Å². The SMILES string of the molecule is CC1(C)c2ccccc2-c2cccc(-c3cccc(-c4nc(-c5ccccc5)nc(-c5ccc6c(c5)sc5cccc(-c7ccccc7)c56)n4)c3)c21. The van der Waals surface area contributed by atoms with Crippen molar-refractivity contribution in [2.24, 2.45) is 0 Å². The molecule has 52 heavy (non-hydrogen) atoms. The van der Waals surface area contributed by atoms with Crippen LogP contribution in [0.1, 0.15) is 25.0 Å². The molecule has 3 nitrogen and oxygen atoms in total. The maximum Gasteiger partial charge on any atom is 0.164 e. The van der Waals surface area contributed by atoms with Gasteiger partial charge in [-0.25, -0.2) is 15.0 Å². The van der Waals surface area contributed by atoms with E-state index in [0.717, 1.165) is 22.3 Å². The lowest BCUT2D eigenvalue weighted by atomic mass is 9.79. The minimum atomic E-state index is -0.119. The van der Waals surface area contributed by atoms with Gasteiger partial charge in [-0.3, -0.25) is 0 Å². The van der Waals surface area contributed by atoms with Crippen molar-refractivity contribution in [1.29, 1.82) is 0 Å². The molecule has 0 N–H and O–H groups in total. The van der Waals surface area contributed by atoms with Crippen molar-refractivity contribution in [2.45, 2.75) is 19.3 Å². The summed E-state index contributed by atoms with van der Waals surface area (Å²) < 4.78 is 2.48. The smallest absolute Gasteiger partial charge is 0.164 e. The molecule has 0 bridgehead atoms. The van der Waals surface area contributed by atoms with Crippen LogP contribution < -0.4 is 0 Å². The number of rotatable bonds is 5. The van der Waals surface area contributed by atoms with Gasteiger partial charge in [0.05, 0.1) is 0 Å². The summed E-state index contributed by atoms with van der Waals surface area (Å²) >= 11 is 1.81. The van der Waals surface area contributed by atoms with Crippen molar-refractivity contribution in [1.82, 2.24) is 15.0 Å². The Morgan fingerprint density at radius 3 is 1.75 bits per heavy atom. The topological polar surface area (TPSA) is 38.7 Å². The number of nitrogens with zero attached hydrogens (tertiary/aromatic N) is 3. The van der Waals surface area contributed by atoms with Gasteiger partial charge >= 0.3 is 0 Å². The van der Waals surface area contributed by atoms with Gasteiger partial charge in [-0.2, -0.15) is 0 Å². The van der Waals surface area contributed by atoms with E-state index in [1.165, 1.54) is 59.1 Å². The summed E-state index contributed by atoms with van der Waals surface area (Å²) in [7, 11) is 0. The molecular weight excluding hydrogens is 651 g/mol. The quantitative estimate of drug-likeness (QED) is 0.181. The van der Waals surface area contributed by atoms with Crippen LogP contribution in [-0.2, 0) is 5.41 Å². The van der Waals surface area contributed by atoms with E-state index in [4.69, 9.17) is 15.0 Å². The molecule has 246 valence electrons. The van der Waals surface area contributed by atoms with Crippen molar-refractivity contribution in [3.8, 4) is 67.5 Å². The molecule has 1 aliphatic carbocycles. The average molecular weight is 684 g/mol. The summed E-state index contributed by atoms with van der Waals surface area (Å²) in [6.07, 6.45) is 0. The molecule has 2 aromatic heterocycles. The second kappa shape index (κ2) is 11.9. The summed E-state index contributed by atoms with van der Waals surface area (Å²) in [6, 6.07) is 58.3. The van der Waals surface area contributed by atoms with Crippen LogP contribution in [0.4, 0.5) is 0 Å². The summed E-state index contributed by atoms with van der Waals surface area (Å²) in [5, 5.41) is 2.53. The fourth-order valence-electron chi connectivity index (χ4n) is 8.09. The van der Waals surface area contributed by atoms with E-state index >= 15 is 0 Å². The van der Waals surface area contributed by atoms with E-state index in [0.29, 0.717) is 17.5 Å². The van der Waals surface area contributed by atoms with Crippen molar-refractivity contribution >= 4 is 31.5 Å². The minimum Gasteiger partial charge on any atom is -0.208 e. The minimum absolute atomic E-state index is 0.119. The van der Waals surface area contributed by atoms with E-state index in [-0.39, 0.29) is 5.41 Å². The van der Waals surface area contributed by atoms with Crippen LogP contribution in [0, 0.1) is 0 Å². The third-order valence-electron chi connectivity index (χ3n) is 10.5. The van der Waals surface area contributed by atoms with E-state index < -0.39 is 0 Å². The van der Waals surface area contributed by atoms with Gasteiger partial charge in [-0.15, -0.1) is 11.3 Å². The molecule has 0 atom stereocenters. The lowest BCUT2D eigenvalue weighted by molar-refractivity contribution is 0.662. The number of hydrogen-bond acceptors (Lipinski definition) is 4. The van der Waals surface area contributed by atoms with E-state index in [1.54, 1.807) is 0 Å². The van der Waals surface area contributed by atoms with Crippen molar-refractivity contribution in [2.75, 3.05) is 0 Å². The highest BCUT2D eigenvalue weighted by Gasteiger charge is 2.37. The normalized spacial score (nSPS) is 13.0. The molecule has 0 radical (unpaired) electrons. The first-order valence-electron chi connectivity index (χ1n) is 17.7. The lowest BCUT2D eigenvalue weighted by Gasteiger charge is -2.24. The molecule has 0 unspecified atom stereocenters. The Hall–Kier alpha value is -6.23. The zero-order valence-electron chi connectivity index (χ0n) is 28.8. The summed E-state index contributed by atoms with van der Waals surface area (Å²) in [5.74, 6) is 1.98. The zero-order valence-corrected chi connectivity index (χ0v) is 29.7. The van der Waals surface area contributed by atoms with E-state index in [2.05, 4.69) is 159 Å². The Kier molecular flexibility index (Phi) is 7.02. The number of aromatic nitrogens is 3. The molecule has 1 aliphatic rings. The zero-order chi connectivity index (χ0) is 34.8. The standard InChI is InChI=1S/C48H33N3S/c1-48(2)40-24-10-9-20-37(40)38-23-12-22-36(44(38)48)32-18-11-19-33(28-32)46-49-45(31-16-7-4-8-17-31)50-47(51-46)34-26-27-39-42(29-34)52-41-25-13-21-35(43(39)41)30-14-5-3-6-15-30/h3-29H,1-2H3. The van der Waals surface area contributed by atoms with Crippen LogP contribution in [0.25, 0.3) is 87.7 Å². The summed E-state index contributed by atoms with van der Waals surface area (Å²) in [6.45, 7) is 4.68. The fourth-order valence-corrected chi connectivity index (χ4v) is 9.26.